The molecule has 17 heavy (non-hydrogen) atoms. The number of H-pyrrole nitrogens is 1. The Hall–Kier alpha value is -2.06. The molecule has 0 amide bonds. The van der Waals surface area contributed by atoms with Gasteiger partial charge in [0, 0.05) is 21.8 Å². The van der Waals surface area contributed by atoms with Crippen LogP contribution in [-0.4, -0.2) is 16.7 Å². The fourth-order valence-electron chi connectivity index (χ4n) is 2.16. The topological polar surface area (TPSA) is 36.0 Å². The molecule has 1 heterocycles. The van der Waals surface area contributed by atoms with Crippen molar-refractivity contribution in [1.82, 2.24) is 4.98 Å². The van der Waals surface area contributed by atoms with Crippen LogP contribution in [0.5, 0.6) is 0 Å². The Kier molecular flexibility index (Phi) is 2.42. The summed E-state index contributed by atoms with van der Waals surface area (Å²) in [6.07, 6.45) is 3.68. The van der Waals surface area contributed by atoms with Gasteiger partial charge in [-0.25, -0.2) is 0 Å². The summed E-state index contributed by atoms with van der Waals surface area (Å²) in [5.74, 6) is 0. The number of aliphatic hydroxyl groups excluding tert-OH is 1. The van der Waals surface area contributed by atoms with Crippen molar-refractivity contribution in [2.75, 3.05) is 6.61 Å². The standard InChI is InChI=1S/C15H13NO/c17-9-3-4-11-7-8-15-13(10-11)12-5-1-2-6-14(12)16-15/h1-8,10,16-17H,9H2. The molecule has 2 N–H and O–H groups in total. The van der Waals surface area contributed by atoms with E-state index >= 15 is 0 Å². The third-order valence-corrected chi connectivity index (χ3v) is 2.95. The van der Waals surface area contributed by atoms with Crippen LogP contribution in [-0.2, 0) is 0 Å². The zero-order chi connectivity index (χ0) is 11.7. The fraction of sp³-hybridized carbons (Fsp3) is 0.0667. The van der Waals surface area contributed by atoms with Gasteiger partial charge >= 0.3 is 0 Å². The van der Waals surface area contributed by atoms with Crippen molar-refractivity contribution < 1.29 is 5.11 Å². The van der Waals surface area contributed by atoms with Crippen molar-refractivity contribution in [2.24, 2.45) is 0 Å². The van der Waals surface area contributed by atoms with Gasteiger partial charge in [-0.1, -0.05) is 36.4 Å². The van der Waals surface area contributed by atoms with E-state index < -0.39 is 0 Å². The zero-order valence-corrected chi connectivity index (χ0v) is 9.35. The zero-order valence-electron chi connectivity index (χ0n) is 9.35. The van der Waals surface area contributed by atoms with Gasteiger partial charge in [-0.3, -0.25) is 0 Å². The lowest BCUT2D eigenvalue weighted by molar-refractivity contribution is 0.343. The molecule has 0 aliphatic heterocycles. The maximum absolute atomic E-state index is 8.78. The third kappa shape index (κ3) is 1.73. The highest BCUT2D eigenvalue weighted by Gasteiger charge is 2.02. The summed E-state index contributed by atoms with van der Waals surface area (Å²) in [6.45, 7) is 0.0753. The van der Waals surface area contributed by atoms with Crippen molar-refractivity contribution in [1.29, 1.82) is 0 Å². The van der Waals surface area contributed by atoms with Gasteiger partial charge in [0.25, 0.3) is 0 Å². The molecule has 1 aromatic heterocycles. The summed E-state index contributed by atoms with van der Waals surface area (Å²) in [6, 6.07) is 14.5. The van der Waals surface area contributed by atoms with Gasteiger partial charge in [-0.05, 0) is 23.8 Å². The first kappa shape index (κ1) is 10.1. The molecule has 0 saturated carbocycles. The molecule has 2 heteroatoms. The van der Waals surface area contributed by atoms with Crippen LogP contribution in [0.15, 0.2) is 48.5 Å². The molecule has 2 nitrogen and oxygen atoms in total. The van der Waals surface area contributed by atoms with Crippen molar-refractivity contribution in [3.63, 3.8) is 0 Å². The molecule has 2 aromatic carbocycles. The van der Waals surface area contributed by atoms with Crippen LogP contribution in [0.2, 0.25) is 0 Å². The normalized spacial score (nSPS) is 11.8. The SMILES string of the molecule is OCC=Cc1ccc2[nH]c3ccccc3c2c1. The van der Waals surface area contributed by atoms with Crippen LogP contribution in [0.4, 0.5) is 0 Å². The minimum atomic E-state index is 0.0753. The lowest BCUT2D eigenvalue weighted by Gasteiger charge is -1.95. The van der Waals surface area contributed by atoms with E-state index in [4.69, 9.17) is 5.11 Å². The molecular formula is C15H13NO. The van der Waals surface area contributed by atoms with Crippen LogP contribution < -0.4 is 0 Å². The fourth-order valence-corrected chi connectivity index (χ4v) is 2.16. The molecule has 0 unspecified atom stereocenters. The highest BCUT2D eigenvalue weighted by Crippen LogP contribution is 2.26. The van der Waals surface area contributed by atoms with E-state index in [1.54, 1.807) is 6.08 Å². The summed E-state index contributed by atoms with van der Waals surface area (Å²) in [4.78, 5) is 3.39. The van der Waals surface area contributed by atoms with E-state index in [0.29, 0.717) is 0 Å². The number of fused-ring (bicyclic) bond motifs is 3. The monoisotopic (exact) mass is 223 g/mol. The third-order valence-electron chi connectivity index (χ3n) is 2.95. The average Bonchev–Trinajstić information content (AvgIpc) is 2.74. The molecule has 0 aliphatic carbocycles. The second-order valence-corrected chi connectivity index (χ2v) is 4.06. The molecule has 0 fully saturated rings. The molecule has 3 rings (SSSR count). The van der Waals surface area contributed by atoms with Crippen molar-refractivity contribution >= 4 is 27.9 Å². The number of rotatable bonds is 2. The Bertz CT molecular complexity index is 694. The van der Waals surface area contributed by atoms with Crippen LogP contribution in [0.25, 0.3) is 27.9 Å². The maximum Gasteiger partial charge on any atom is 0.0615 e. The number of hydrogen-bond acceptors (Lipinski definition) is 1. The van der Waals surface area contributed by atoms with E-state index in [0.717, 1.165) is 16.6 Å². The number of aromatic nitrogens is 1. The molecule has 0 aliphatic rings. The van der Waals surface area contributed by atoms with E-state index in [9.17, 15) is 0 Å². The van der Waals surface area contributed by atoms with Crippen molar-refractivity contribution in [3.05, 3.63) is 54.1 Å². The van der Waals surface area contributed by atoms with Crippen LogP contribution >= 0.6 is 0 Å². The Morgan fingerprint density at radius 1 is 1.00 bits per heavy atom. The Morgan fingerprint density at radius 3 is 2.71 bits per heavy atom. The minimum Gasteiger partial charge on any atom is -0.392 e. The first-order valence-electron chi connectivity index (χ1n) is 5.66. The molecular weight excluding hydrogens is 210 g/mol. The predicted molar refractivity (Wildman–Crippen MR) is 71.9 cm³/mol. The molecule has 0 radical (unpaired) electrons. The molecule has 0 bridgehead atoms. The van der Waals surface area contributed by atoms with Crippen molar-refractivity contribution in [2.45, 2.75) is 0 Å². The van der Waals surface area contributed by atoms with E-state index in [-0.39, 0.29) is 6.61 Å². The number of nitrogens with one attached hydrogen (secondary N) is 1. The quantitative estimate of drug-likeness (QED) is 0.686. The molecule has 0 saturated heterocycles. The summed E-state index contributed by atoms with van der Waals surface area (Å²) in [5.41, 5.74) is 3.41. The summed E-state index contributed by atoms with van der Waals surface area (Å²) in [7, 11) is 0. The molecule has 84 valence electrons. The van der Waals surface area contributed by atoms with Crippen LogP contribution in [0, 0.1) is 0 Å². The number of para-hydroxylation sites is 1. The van der Waals surface area contributed by atoms with E-state index in [2.05, 4.69) is 29.2 Å². The number of aromatic amines is 1. The maximum atomic E-state index is 8.78. The van der Waals surface area contributed by atoms with Gasteiger partial charge in [0.05, 0.1) is 6.61 Å². The van der Waals surface area contributed by atoms with E-state index in [1.807, 2.05) is 24.3 Å². The largest absolute Gasteiger partial charge is 0.392 e. The Balaban J connectivity index is 2.26. The van der Waals surface area contributed by atoms with Crippen molar-refractivity contribution in [3.8, 4) is 0 Å². The van der Waals surface area contributed by atoms with Gasteiger partial charge in [0.1, 0.15) is 0 Å². The summed E-state index contributed by atoms with van der Waals surface area (Å²) < 4.78 is 0. The van der Waals surface area contributed by atoms with Gasteiger partial charge in [0.15, 0.2) is 0 Å². The second-order valence-electron chi connectivity index (χ2n) is 4.06. The molecule has 3 aromatic rings. The van der Waals surface area contributed by atoms with Gasteiger partial charge in [0.2, 0.25) is 0 Å². The highest BCUT2D eigenvalue weighted by molar-refractivity contribution is 6.07. The van der Waals surface area contributed by atoms with Gasteiger partial charge in [-0.15, -0.1) is 0 Å². The minimum absolute atomic E-state index is 0.0753. The number of hydrogen-bond donors (Lipinski definition) is 2. The first-order valence-corrected chi connectivity index (χ1v) is 5.66. The molecule has 0 spiro atoms. The second kappa shape index (κ2) is 4.07. The lowest BCUT2D eigenvalue weighted by atomic mass is 10.1. The lowest BCUT2D eigenvalue weighted by Crippen LogP contribution is -1.75. The van der Waals surface area contributed by atoms with Gasteiger partial charge < -0.3 is 10.1 Å². The molecule has 0 atom stereocenters. The highest BCUT2D eigenvalue weighted by atomic mass is 16.2. The summed E-state index contributed by atoms with van der Waals surface area (Å²) >= 11 is 0. The predicted octanol–water partition coefficient (Wildman–Crippen LogP) is 3.33. The van der Waals surface area contributed by atoms with Crippen LogP contribution in [0.3, 0.4) is 0 Å². The van der Waals surface area contributed by atoms with Crippen LogP contribution in [0.1, 0.15) is 5.56 Å². The Morgan fingerprint density at radius 2 is 1.82 bits per heavy atom. The van der Waals surface area contributed by atoms with E-state index in [1.165, 1.54) is 10.8 Å². The smallest absolute Gasteiger partial charge is 0.0615 e. The van der Waals surface area contributed by atoms with Gasteiger partial charge in [-0.2, -0.15) is 0 Å². The Labute approximate surface area is 99.2 Å². The number of aliphatic hydroxyl groups is 1. The average molecular weight is 223 g/mol. The first-order chi connectivity index (χ1) is 8.38. The summed E-state index contributed by atoms with van der Waals surface area (Å²) in [5, 5.41) is 11.2. The number of benzene rings is 2.